The molecular weight excluding hydrogens is 195 g/mol. The average Bonchev–Trinajstić information content (AvgIpc) is 2.45. The van der Waals surface area contributed by atoms with Crippen LogP contribution in [0.2, 0.25) is 0 Å². The number of hydrogen-bond donors (Lipinski definition) is 3. The van der Waals surface area contributed by atoms with Gasteiger partial charge in [0.15, 0.2) is 5.65 Å². The molecule has 2 rings (SSSR count). The van der Waals surface area contributed by atoms with Crippen molar-refractivity contribution in [3.05, 3.63) is 12.5 Å². The standard InChI is InChI=1S/C5H5N4O3P/c10-13(11,12)5-8-3-1-6-2-7-4(3)9-5/h1-2H,(H2,10,11,12)(H,6,7,8,9). The molecule has 0 bridgehead atoms. The second kappa shape index (κ2) is 2.59. The molecule has 3 N–H and O–H groups in total. The SMILES string of the molecule is O=P(O)(O)c1nc2ncncc2[nH]1. The lowest BCUT2D eigenvalue weighted by molar-refractivity contribution is 0.385. The Morgan fingerprint density at radius 2 is 2.23 bits per heavy atom. The van der Waals surface area contributed by atoms with Crippen LogP contribution in [-0.2, 0) is 4.57 Å². The number of imidazole rings is 1. The number of H-pyrrole nitrogens is 1. The highest BCUT2D eigenvalue weighted by Crippen LogP contribution is 2.31. The molecule has 0 aliphatic rings. The van der Waals surface area contributed by atoms with Crippen molar-refractivity contribution in [1.82, 2.24) is 19.9 Å². The van der Waals surface area contributed by atoms with E-state index in [0.717, 1.165) is 0 Å². The summed E-state index contributed by atoms with van der Waals surface area (Å²) >= 11 is 0. The predicted octanol–water partition coefficient (Wildman–Crippen LogP) is -0.844. The zero-order chi connectivity index (χ0) is 9.47. The third kappa shape index (κ3) is 1.44. The third-order valence-corrected chi connectivity index (χ3v) is 2.19. The average molecular weight is 200 g/mol. The summed E-state index contributed by atoms with van der Waals surface area (Å²) in [6.07, 6.45) is 2.65. The fourth-order valence-corrected chi connectivity index (χ4v) is 1.38. The third-order valence-electron chi connectivity index (χ3n) is 1.43. The fourth-order valence-electron chi connectivity index (χ4n) is 0.887. The van der Waals surface area contributed by atoms with Crippen molar-refractivity contribution in [2.45, 2.75) is 0 Å². The number of fused-ring (bicyclic) bond motifs is 1. The van der Waals surface area contributed by atoms with E-state index in [9.17, 15) is 4.57 Å². The first-order valence-electron chi connectivity index (χ1n) is 3.29. The minimum Gasteiger partial charge on any atom is -0.329 e. The Morgan fingerprint density at radius 3 is 2.85 bits per heavy atom. The molecule has 0 aliphatic heterocycles. The van der Waals surface area contributed by atoms with Gasteiger partial charge in [0.25, 0.3) is 0 Å². The normalized spacial score (nSPS) is 12.2. The monoisotopic (exact) mass is 200 g/mol. The van der Waals surface area contributed by atoms with Gasteiger partial charge in [-0.1, -0.05) is 0 Å². The number of nitrogens with one attached hydrogen (secondary N) is 1. The van der Waals surface area contributed by atoms with E-state index in [0.29, 0.717) is 5.52 Å². The Kier molecular flexibility index (Phi) is 1.66. The maximum atomic E-state index is 10.8. The fraction of sp³-hybridized carbons (Fsp3) is 0. The smallest absolute Gasteiger partial charge is 0.329 e. The van der Waals surface area contributed by atoms with Crippen molar-refractivity contribution in [2.24, 2.45) is 0 Å². The zero-order valence-corrected chi connectivity index (χ0v) is 7.14. The summed E-state index contributed by atoms with van der Waals surface area (Å²) in [5.74, 6) is 0. The van der Waals surface area contributed by atoms with E-state index < -0.39 is 7.60 Å². The minimum atomic E-state index is -4.32. The Bertz CT molecular complexity index is 456. The highest BCUT2D eigenvalue weighted by molar-refractivity contribution is 7.59. The van der Waals surface area contributed by atoms with Crippen LogP contribution in [0.25, 0.3) is 11.2 Å². The predicted molar refractivity (Wildman–Crippen MR) is 43.4 cm³/mol. The molecule has 2 aromatic rings. The summed E-state index contributed by atoms with van der Waals surface area (Å²) in [6.45, 7) is 0. The molecule has 0 aliphatic carbocycles. The van der Waals surface area contributed by atoms with Crippen molar-refractivity contribution in [3.63, 3.8) is 0 Å². The minimum absolute atomic E-state index is 0.244. The van der Waals surface area contributed by atoms with Crippen molar-refractivity contribution >= 4 is 24.3 Å². The van der Waals surface area contributed by atoms with E-state index in [1.807, 2.05) is 0 Å². The zero-order valence-electron chi connectivity index (χ0n) is 6.25. The van der Waals surface area contributed by atoms with Gasteiger partial charge in [0.2, 0.25) is 5.57 Å². The second-order valence-corrected chi connectivity index (χ2v) is 3.88. The van der Waals surface area contributed by atoms with E-state index >= 15 is 0 Å². The van der Waals surface area contributed by atoms with E-state index in [4.69, 9.17) is 9.79 Å². The van der Waals surface area contributed by atoms with Crippen LogP contribution in [-0.4, -0.2) is 29.7 Å². The van der Waals surface area contributed by atoms with E-state index in [2.05, 4.69) is 19.9 Å². The van der Waals surface area contributed by atoms with Crippen LogP contribution in [0.4, 0.5) is 0 Å². The molecule has 0 amide bonds. The van der Waals surface area contributed by atoms with Gasteiger partial charge in [-0.15, -0.1) is 0 Å². The molecule has 7 nitrogen and oxygen atoms in total. The lowest BCUT2D eigenvalue weighted by Gasteiger charge is -1.95. The Balaban J connectivity index is 2.69. The summed E-state index contributed by atoms with van der Waals surface area (Å²) in [4.78, 5) is 31.0. The number of aromatic nitrogens is 4. The summed E-state index contributed by atoms with van der Waals surface area (Å²) in [5, 5.41) is 0. The van der Waals surface area contributed by atoms with Gasteiger partial charge in [-0.05, 0) is 0 Å². The molecule has 68 valence electrons. The lowest BCUT2D eigenvalue weighted by atomic mass is 10.6. The van der Waals surface area contributed by atoms with Gasteiger partial charge in [0.05, 0.1) is 6.20 Å². The molecule has 0 saturated carbocycles. The van der Waals surface area contributed by atoms with Gasteiger partial charge >= 0.3 is 7.60 Å². The highest BCUT2D eigenvalue weighted by atomic mass is 31.2. The van der Waals surface area contributed by atoms with Crippen LogP contribution in [0.1, 0.15) is 0 Å². The van der Waals surface area contributed by atoms with Crippen LogP contribution in [0.5, 0.6) is 0 Å². The first-order valence-corrected chi connectivity index (χ1v) is 4.90. The molecule has 13 heavy (non-hydrogen) atoms. The van der Waals surface area contributed by atoms with Crippen LogP contribution in [0.15, 0.2) is 12.5 Å². The molecule has 0 unspecified atom stereocenters. The van der Waals surface area contributed by atoms with Gasteiger partial charge in [-0.3, -0.25) is 4.57 Å². The first-order chi connectivity index (χ1) is 6.07. The largest absolute Gasteiger partial charge is 0.391 e. The molecular formula is C5H5N4O3P. The van der Waals surface area contributed by atoms with Gasteiger partial charge < -0.3 is 14.8 Å². The molecule has 0 spiro atoms. The number of rotatable bonds is 1. The van der Waals surface area contributed by atoms with Gasteiger partial charge in [0, 0.05) is 0 Å². The van der Waals surface area contributed by atoms with Crippen LogP contribution < -0.4 is 5.57 Å². The van der Waals surface area contributed by atoms with Gasteiger partial charge in [-0.2, -0.15) is 0 Å². The van der Waals surface area contributed by atoms with Crippen molar-refractivity contribution in [3.8, 4) is 0 Å². The molecule has 2 heterocycles. The topological polar surface area (TPSA) is 112 Å². The van der Waals surface area contributed by atoms with Crippen LogP contribution in [0.3, 0.4) is 0 Å². The van der Waals surface area contributed by atoms with E-state index in [-0.39, 0.29) is 11.2 Å². The summed E-state index contributed by atoms with van der Waals surface area (Å²) < 4.78 is 10.8. The quantitative estimate of drug-likeness (QED) is 0.517. The number of aromatic amines is 1. The Labute approximate surface area is 72.0 Å². The Hall–Kier alpha value is -1.30. The lowest BCUT2D eigenvalue weighted by Crippen LogP contribution is -2.07. The summed E-state index contributed by atoms with van der Waals surface area (Å²) in [7, 11) is -4.32. The molecule has 8 heteroatoms. The first kappa shape index (κ1) is 8.31. The number of hydrogen-bond acceptors (Lipinski definition) is 4. The van der Waals surface area contributed by atoms with Crippen LogP contribution in [0, 0.1) is 0 Å². The van der Waals surface area contributed by atoms with Crippen LogP contribution >= 0.6 is 7.60 Å². The molecule has 2 aromatic heterocycles. The second-order valence-electron chi connectivity index (χ2n) is 2.36. The maximum Gasteiger partial charge on any atom is 0.391 e. The van der Waals surface area contributed by atoms with Crippen molar-refractivity contribution in [1.29, 1.82) is 0 Å². The summed E-state index contributed by atoms with van der Waals surface area (Å²) in [5.41, 5.74) is 0.261. The molecule has 0 aromatic carbocycles. The van der Waals surface area contributed by atoms with Gasteiger partial charge in [0.1, 0.15) is 11.8 Å². The summed E-state index contributed by atoms with van der Waals surface area (Å²) in [6, 6.07) is 0. The molecule has 0 saturated heterocycles. The maximum absolute atomic E-state index is 10.8. The van der Waals surface area contributed by atoms with Crippen molar-refractivity contribution in [2.75, 3.05) is 0 Å². The number of nitrogens with zero attached hydrogens (tertiary/aromatic N) is 3. The molecule has 0 atom stereocenters. The molecule has 0 fully saturated rings. The van der Waals surface area contributed by atoms with E-state index in [1.54, 1.807) is 0 Å². The van der Waals surface area contributed by atoms with Crippen molar-refractivity contribution < 1.29 is 14.4 Å². The Morgan fingerprint density at radius 1 is 1.46 bits per heavy atom. The highest BCUT2D eigenvalue weighted by Gasteiger charge is 2.22. The van der Waals surface area contributed by atoms with E-state index in [1.165, 1.54) is 12.5 Å². The van der Waals surface area contributed by atoms with Gasteiger partial charge in [-0.25, -0.2) is 15.0 Å². The molecule has 0 radical (unpaired) electrons.